The molecule has 0 saturated heterocycles. The maximum Gasteiger partial charge on any atom is 0.0459 e. The van der Waals surface area contributed by atoms with Gasteiger partial charge in [0.2, 0.25) is 0 Å². The summed E-state index contributed by atoms with van der Waals surface area (Å²) in [4.78, 5) is 0. The molecule has 116 valence electrons. The van der Waals surface area contributed by atoms with Gasteiger partial charge in [-0.3, -0.25) is 0 Å². The van der Waals surface area contributed by atoms with Crippen molar-refractivity contribution in [3.63, 3.8) is 0 Å². The zero-order chi connectivity index (χ0) is 14.5. The van der Waals surface area contributed by atoms with Crippen molar-refractivity contribution in [2.24, 2.45) is 23.7 Å². The predicted molar refractivity (Wildman–Crippen MR) is 91.4 cm³/mol. The lowest BCUT2D eigenvalue weighted by atomic mass is 9.88. The van der Waals surface area contributed by atoms with Gasteiger partial charge in [-0.05, 0) is 73.5 Å². The van der Waals surface area contributed by atoms with E-state index in [2.05, 4.69) is 42.1 Å². The standard InChI is InChI=1S/C19H28OS/c20-12-16-6-8-18(10-16)19-9-7-17(11-19)14-21-13-15-4-2-1-3-5-15/h1-5,16-20H,6-14H2. The first kappa shape index (κ1) is 15.4. The largest absolute Gasteiger partial charge is 0.396 e. The molecule has 0 spiro atoms. The number of aliphatic hydroxyl groups excluding tert-OH is 1. The topological polar surface area (TPSA) is 20.2 Å². The van der Waals surface area contributed by atoms with Gasteiger partial charge in [0.05, 0.1) is 0 Å². The van der Waals surface area contributed by atoms with Gasteiger partial charge in [0, 0.05) is 12.4 Å². The quantitative estimate of drug-likeness (QED) is 0.819. The highest BCUT2D eigenvalue weighted by Gasteiger charge is 2.35. The minimum Gasteiger partial charge on any atom is -0.396 e. The first-order chi connectivity index (χ1) is 10.3. The highest BCUT2D eigenvalue weighted by molar-refractivity contribution is 7.98. The Kier molecular flexibility index (Phi) is 5.65. The van der Waals surface area contributed by atoms with Crippen molar-refractivity contribution in [3.8, 4) is 0 Å². The molecule has 2 fully saturated rings. The van der Waals surface area contributed by atoms with Crippen LogP contribution in [0.4, 0.5) is 0 Å². The highest BCUT2D eigenvalue weighted by Crippen LogP contribution is 2.45. The lowest BCUT2D eigenvalue weighted by Crippen LogP contribution is -2.10. The van der Waals surface area contributed by atoms with Crippen LogP contribution in [0.2, 0.25) is 0 Å². The second-order valence-electron chi connectivity index (χ2n) is 7.06. The van der Waals surface area contributed by atoms with Crippen LogP contribution in [0.5, 0.6) is 0 Å². The average molecular weight is 304 g/mol. The Bertz CT molecular complexity index is 419. The van der Waals surface area contributed by atoms with E-state index in [1.807, 2.05) is 0 Å². The lowest BCUT2D eigenvalue weighted by Gasteiger charge is -2.18. The van der Waals surface area contributed by atoms with Gasteiger partial charge in [0.1, 0.15) is 0 Å². The molecule has 1 aromatic carbocycles. The fourth-order valence-corrected chi connectivity index (χ4v) is 5.50. The lowest BCUT2D eigenvalue weighted by molar-refractivity contribution is 0.219. The molecule has 2 heteroatoms. The molecular weight excluding hydrogens is 276 g/mol. The van der Waals surface area contributed by atoms with Crippen LogP contribution < -0.4 is 0 Å². The fraction of sp³-hybridized carbons (Fsp3) is 0.684. The van der Waals surface area contributed by atoms with Gasteiger partial charge in [-0.2, -0.15) is 11.8 Å². The summed E-state index contributed by atoms with van der Waals surface area (Å²) in [6, 6.07) is 10.8. The number of benzene rings is 1. The molecule has 0 aromatic heterocycles. The third-order valence-electron chi connectivity index (χ3n) is 5.55. The molecule has 3 rings (SSSR count). The molecule has 2 saturated carbocycles. The Morgan fingerprint density at radius 3 is 2.24 bits per heavy atom. The van der Waals surface area contributed by atoms with Crippen LogP contribution in [0.15, 0.2) is 30.3 Å². The van der Waals surface area contributed by atoms with Gasteiger partial charge in [-0.1, -0.05) is 30.3 Å². The number of aliphatic hydroxyl groups is 1. The molecule has 0 heterocycles. The summed E-state index contributed by atoms with van der Waals surface area (Å²) >= 11 is 2.11. The van der Waals surface area contributed by atoms with E-state index >= 15 is 0 Å². The van der Waals surface area contributed by atoms with E-state index < -0.39 is 0 Å². The molecule has 21 heavy (non-hydrogen) atoms. The summed E-state index contributed by atoms with van der Waals surface area (Å²) in [5.74, 6) is 5.94. The van der Waals surface area contributed by atoms with Gasteiger partial charge in [0.15, 0.2) is 0 Å². The molecule has 0 aliphatic heterocycles. The average Bonchev–Trinajstić information content (AvgIpc) is 3.17. The van der Waals surface area contributed by atoms with Gasteiger partial charge in [-0.25, -0.2) is 0 Å². The monoisotopic (exact) mass is 304 g/mol. The van der Waals surface area contributed by atoms with Gasteiger partial charge >= 0.3 is 0 Å². The van der Waals surface area contributed by atoms with Crippen molar-refractivity contribution in [2.45, 2.75) is 44.3 Å². The SMILES string of the molecule is OCC1CCC(C2CCC(CSCc3ccccc3)C2)C1. The molecule has 2 aliphatic carbocycles. The molecule has 0 bridgehead atoms. The molecule has 4 atom stereocenters. The van der Waals surface area contributed by atoms with Crippen LogP contribution >= 0.6 is 11.8 Å². The summed E-state index contributed by atoms with van der Waals surface area (Å²) in [5, 5.41) is 9.30. The Morgan fingerprint density at radius 2 is 1.57 bits per heavy atom. The van der Waals surface area contributed by atoms with E-state index in [4.69, 9.17) is 0 Å². The van der Waals surface area contributed by atoms with Crippen molar-refractivity contribution in [3.05, 3.63) is 35.9 Å². The molecule has 0 radical (unpaired) electrons. The molecular formula is C19H28OS. The fourth-order valence-electron chi connectivity index (χ4n) is 4.32. The summed E-state index contributed by atoms with van der Waals surface area (Å²) in [6.07, 6.45) is 8.27. The van der Waals surface area contributed by atoms with Crippen LogP contribution in [0.1, 0.15) is 44.1 Å². The van der Waals surface area contributed by atoms with Crippen molar-refractivity contribution < 1.29 is 5.11 Å². The second-order valence-corrected chi connectivity index (χ2v) is 8.09. The van der Waals surface area contributed by atoms with E-state index in [1.54, 1.807) is 0 Å². The van der Waals surface area contributed by atoms with Crippen molar-refractivity contribution in [2.75, 3.05) is 12.4 Å². The molecule has 0 amide bonds. The highest BCUT2D eigenvalue weighted by atomic mass is 32.2. The molecule has 1 nitrogen and oxygen atoms in total. The summed E-state index contributed by atoms with van der Waals surface area (Å²) in [7, 11) is 0. The second kappa shape index (κ2) is 7.69. The first-order valence-corrected chi connectivity index (χ1v) is 9.73. The maximum absolute atomic E-state index is 9.30. The van der Waals surface area contributed by atoms with Gasteiger partial charge in [0.25, 0.3) is 0 Å². The van der Waals surface area contributed by atoms with Crippen LogP contribution in [0.3, 0.4) is 0 Å². The zero-order valence-corrected chi connectivity index (χ0v) is 13.7. The Labute approximate surface area is 133 Å². The van der Waals surface area contributed by atoms with Gasteiger partial charge in [-0.15, -0.1) is 0 Å². The predicted octanol–water partition coefficient (Wildman–Crippen LogP) is 4.74. The molecule has 1 N–H and O–H groups in total. The van der Waals surface area contributed by atoms with E-state index in [0.717, 1.165) is 23.5 Å². The zero-order valence-electron chi connectivity index (χ0n) is 12.9. The van der Waals surface area contributed by atoms with Crippen LogP contribution in [-0.4, -0.2) is 17.5 Å². The Hall–Kier alpha value is -0.470. The van der Waals surface area contributed by atoms with E-state index in [9.17, 15) is 5.11 Å². The Morgan fingerprint density at radius 1 is 0.905 bits per heavy atom. The summed E-state index contributed by atoms with van der Waals surface area (Å²) in [6.45, 7) is 0.416. The smallest absolute Gasteiger partial charge is 0.0459 e. The van der Waals surface area contributed by atoms with Crippen molar-refractivity contribution in [1.82, 2.24) is 0 Å². The van der Waals surface area contributed by atoms with Crippen molar-refractivity contribution >= 4 is 11.8 Å². The third-order valence-corrected chi connectivity index (χ3v) is 6.80. The molecule has 4 unspecified atom stereocenters. The molecule has 1 aromatic rings. The Balaban J connectivity index is 1.37. The van der Waals surface area contributed by atoms with Gasteiger partial charge < -0.3 is 5.11 Å². The van der Waals surface area contributed by atoms with Crippen molar-refractivity contribution in [1.29, 1.82) is 0 Å². The van der Waals surface area contributed by atoms with Crippen LogP contribution in [-0.2, 0) is 5.75 Å². The minimum atomic E-state index is 0.416. The van der Waals surface area contributed by atoms with E-state index in [1.165, 1.54) is 49.8 Å². The van der Waals surface area contributed by atoms with E-state index in [-0.39, 0.29) is 0 Å². The van der Waals surface area contributed by atoms with Crippen LogP contribution in [0, 0.1) is 23.7 Å². The van der Waals surface area contributed by atoms with E-state index in [0.29, 0.717) is 12.5 Å². The number of hydrogen-bond acceptors (Lipinski definition) is 2. The minimum absolute atomic E-state index is 0.416. The summed E-state index contributed by atoms with van der Waals surface area (Å²) < 4.78 is 0. The maximum atomic E-state index is 9.30. The van der Waals surface area contributed by atoms with Crippen LogP contribution in [0.25, 0.3) is 0 Å². The third kappa shape index (κ3) is 4.26. The molecule has 2 aliphatic rings. The number of rotatable bonds is 6. The normalized spacial score (nSPS) is 32.6. The number of hydrogen-bond donors (Lipinski definition) is 1. The first-order valence-electron chi connectivity index (χ1n) is 8.57. The number of thioether (sulfide) groups is 1. The summed E-state index contributed by atoms with van der Waals surface area (Å²) in [5.41, 5.74) is 1.46.